The van der Waals surface area contributed by atoms with Crippen LogP contribution in [0.1, 0.15) is 5.56 Å². The van der Waals surface area contributed by atoms with Gasteiger partial charge in [0.05, 0.1) is 17.3 Å². The molecule has 118 valence electrons. The molecular formula is C18H17ClN2OS. The number of hydrogen-bond acceptors (Lipinski definition) is 3. The number of rotatable bonds is 5. The van der Waals surface area contributed by atoms with Crippen molar-refractivity contribution in [3.05, 3.63) is 65.2 Å². The zero-order chi connectivity index (χ0) is 16.2. The Morgan fingerprint density at radius 3 is 2.48 bits per heavy atom. The smallest absolute Gasteiger partial charge is 0.105 e. The molecule has 0 fully saturated rings. The first-order valence-corrected chi connectivity index (χ1v) is 8.42. The molecule has 0 amide bonds. The van der Waals surface area contributed by atoms with E-state index in [1.165, 1.54) is 0 Å². The highest BCUT2D eigenvalue weighted by atomic mass is 35.5. The van der Waals surface area contributed by atoms with Crippen LogP contribution in [0, 0.1) is 0 Å². The van der Waals surface area contributed by atoms with Gasteiger partial charge in [0, 0.05) is 30.2 Å². The lowest BCUT2D eigenvalue weighted by molar-refractivity contribution is 0.183. The Morgan fingerprint density at radius 2 is 1.78 bits per heavy atom. The van der Waals surface area contributed by atoms with Crippen molar-refractivity contribution in [1.29, 1.82) is 0 Å². The Labute approximate surface area is 145 Å². The first-order valence-electron chi connectivity index (χ1n) is 7.23. The largest absolute Gasteiger partial charge is 0.380 e. The van der Waals surface area contributed by atoms with Crippen molar-refractivity contribution in [1.82, 2.24) is 9.78 Å². The van der Waals surface area contributed by atoms with Crippen molar-refractivity contribution >= 4 is 23.4 Å². The molecule has 3 nitrogen and oxygen atoms in total. The molecule has 1 aromatic heterocycles. The highest BCUT2D eigenvalue weighted by molar-refractivity contribution is 7.99. The van der Waals surface area contributed by atoms with Gasteiger partial charge in [0.2, 0.25) is 0 Å². The maximum absolute atomic E-state index is 6.30. The van der Waals surface area contributed by atoms with E-state index in [-0.39, 0.29) is 0 Å². The van der Waals surface area contributed by atoms with E-state index in [2.05, 4.69) is 12.1 Å². The summed E-state index contributed by atoms with van der Waals surface area (Å²) in [5.41, 5.74) is 3.11. The van der Waals surface area contributed by atoms with Gasteiger partial charge >= 0.3 is 0 Å². The van der Waals surface area contributed by atoms with Crippen LogP contribution < -0.4 is 0 Å². The molecule has 2 aromatic carbocycles. The maximum Gasteiger partial charge on any atom is 0.105 e. The summed E-state index contributed by atoms with van der Waals surface area (Å²) in [6.07, 6.45) is 0. The second-order valence-corrected chi connectivity index (χ2v) is 6.53. The van der Waals surface area contributed by atoms with E-state index in [1.54, 1.807) is 18.9 Å². The van der Waals surface area contributed by atoms with Crippen molar-refractivity contribution in [2.45, 2.75) is 16.5 Å². The van der Waals surface area contributed by atoms with Crippen LogP contribution in [0.4, 0.5) is 0 Å². The molecule has 0 spiro atoms. The summed E-state index contributed by atoms with van der Waals surface area (Å²) < 4.78 is 7.31. The van der Waals surface area contributed by atoms with E-state index in [1.807, 2.05) is 54.2 Å². The van der Waals surface area contributed by atoms with Gasteiger partial charge in [0.25, 0.3) is 0 Å². The Bertz CT molecular complexity index is 802. The maximum atomic E-state index is 6.30. The first kappa shape index (κ1) is 16.1. The van der Waals surface area contributed by atoms with Gasteiger partial charge < -0.3 is 4.74 Å². The molecule has 23 heavy (non-hydrogen) atoms. The second kappa shape index (κ2) is 7.21. The number of benzene rings is 2. The summed E-state index contributed by atoms with van der Waals surface area (Å²) in [4.78, 5) is 1.01. The fraction of sp³-hybridized carbons (Fsp3) is 0.167. The molecule has 0 radical (unpaired) electrons. The highest BCUT2D eigenvalue weighted by Crippen LogP contribution is 2.38. The summed E-state index contributed by atoms with van der Waals surface area (Å²) in [6.45, 7) is 0.505. The standard InChI is InChI=1S/C18H17ClN2OS/c1-21-18(23-16-11-7-6-10-15(16)19)14(12-22-2)17(20-21)13-8-4-3-5-9-13/h3-11H,12H2,1-2H3. The third-order valence-corrected chi connectivity index (χ3v) is 5.19. The number of halogens is 1. The minimum absolute atomic E-state index is 0.505. The van der Waals surface area contributed by atoms with Crippen LogP contribution >= 0.6 is 23.4 Å². The molecule has 0 unspecified atom stereocenters. The molecule has 3 rings (SSSR count). The van der Waals surface area contributed by atoms with Crippen LogP contribution in [-0.4, -0.2) is 16.9 Å². The van der Waals surface area contributed by atoms with E-state index in [4.69, 9.17) is 21.4 Å². The summed E-state index contributed by atoms with van der Waals surface area (Å²) in [5.74, 6) is 0. The van der Waals surface area contributed by atoms with Crippen molar-refractivity contribution < 1.29 is 4.74 Å². The number of aryl methyl sites for hydroxylation is 1. The van der Waals surface area contributed by atoms with Crippen LogP contribution in [0.2, 0.25) is 5.02 Å². The molecule has 0 aliphatic rings. The Kier molecular flexibility index (Phi) is 5.06. The minimum Gasteiger partial charge on any atom is -0.380 e. The lowest BCUT2D eigenvalue weighted by atomic mass is 10.1. The number of aromatic nitrogens is 2. The lowest BCUT2D eigenvalue weighted by Gasteiger charge is -2.07. The van der Waals surface area contributed by atoms with Crippen molar-refractivity contribution in [3.63, 3.8) is 0 Å². The summed E-state index contributed by atoms with van der Waals surface area (Å²) >= 11 is 7.91. The molecule has 3 aromatic rings. The zero-order valence-corrected chi connectivity index (χ0v) is 14.6. The second-order valence-electron chi connectivity index (χ2n) is 5.09. The monoisotopic (exact) mass is 344 g/mol. The van der Waals surface area contributed by atoms with Crippen molar-refractivity contribution in [3.8, 4) is 11.3 Å². The Hall–Kier alpha value is -1.75. The van der Waals surface area contributed by atoms with Crippen LogP contribution in [0.3, 0.4) is 0 Å². The molecule has 0 aliphatic heterocycles. The molecule has 0 saturated carbocycles. The zero-order valence-electron chi connectivity index (χ0n) is 13.0. The first-order chi connectivity index (χ1) is 11.2. The molecule has 5 heteroatoms. The van der Waals surface area contributed by atoms with Gasteiger partial charge in [-0.05, 0) is 12.1 Å². The van der Waals surface area contributed by atoms with Gasteiger partial charge in [-0.1, -0.05) is 65.8 Å². The number of ether oxygens (including phenoxy) is 1. The summed E-state index contributed by atoms with van der Waals surface area (Å²) in [6, 6.07) is 18.0. The summed E-state index contributed by atoms with van der Waals surface area (Å²) in [5, 5.41) is 6.48. The van der Waals surface area contributed by atoms with Gasteiger partial charge in [-0.25, -0.2) is 0 Å². The van der Waals surface area contributed by atoms with E-state index in [0.29, 0.717) is 6.61 Å². The van der Waals surface area contributed by atoms with Gasteiger partial charge in [-0.3, -0.25) is 4.68 Å². The van der Waals surface area contributed by atoms with E-state index in [9.17, 15) is 0 Å². The van der Waals surface area contributed by atoms with Crippen LogP contribution in [0.25, 0.3) is 11.3 Å². The Balaban J connectivity index is 2.06. The van der Waals surface area contributed by atoms with Gasteiger partial charge in [0.1, 0.15) is 5.03 Å². The minimum atomic E-state index is 0.505. The van der Waals surface area contributed by atoms with Gasteiger partial charge in [-0.15, -0.1) is 0 Å². The lowest BCUT2D eigenvalue weighted by Crippen LogP contribution is -1.95. The van der Waals surface area contributed by atoms with E-state index >= 15 is 0 Å². The van der Waals surface area contributed by atoms with Gasteiger partial charge in [0.15, 0.2) is 0 Å². The predicted octanol–water partition coefficient (Wildman–Crippen LogP) is 5.04. The number of nitrogens with zero attached hydrogens (tertiary/aromatic N) is 2. The average molecular weight is 345 g/mol. The quantitative estimate of drug-likeness (QED) is 0.649. The highest BCUT2D eigenvalue weighted by Gasteiger charge is 2.19. The topological polar surface area (TPSA) is 27.1 Å². The SMILES string of the molecule is COCc1c(-c2ccccc2)nn(C)c1Sc1ccccc1Cl. The number of methoxy groups -OCH3 is 1. The fourth-order valence-electron chi connectivity index (χ4n) is 2.41. The molecule has 0 atom stereocenters. The predicted molar refractivity (Wildman–Crippen MR) is 94.9 cm³/mol. The van der Waals surface area contributed by atoms with Crippen molar-refractivity contribution in [2.75, 3.05) is 7.11 Å². The van der Waals surface area contributed by atoms with E-state index in [0.717, 1.165) is 31.8 Å². The average Bonchev–Trinajstić information content (AvgIpc) is 2.87. The van der Waals surface area contributed by atoms with E-state index < -0.39 is 0 Å². The third-order valence-electron chi connectivity index (χ3n) is 3.47. The fourth-order valence-corrected chi connectivity index (χ4v) is 3.64. The van der Waals surface area contributed by atoms with Crippen LogP contribution in [0.15, 0.2) is 64.5 Å². The van der Waals surface area contributed by atoms with Crippen LogP contribution in [-0.2, 0) is 18.4 Å². The normalized spacial score (nSPS) is 10.9. The Morgan fingerprint density at radius 1 is 1.09 bits per heavy atom. The summed E-state index contributed by atoms with van der Waals surface area (Å²) in [7, 11) is 3.65. The molecule has 1 heterocycles. The van der Waals surface area contributed by atoms with Crippen molar-refractivity contribution in [2.24, 2.45) is 7.05 Å². The molecule has 0 bridgehead atoms. The van der Waals surface area contributed by atoms with Gasteiger partial charge in [-0.2, -0.15) is 5.10 Å². The molecule has 0 saturated heterocycles. The molecule has 0 N–H and O–H groups in total. The number of hydrogen-bond donors (Lipinski definition) is 0. The van der Waals surface area contributed by atoms with Crippen LogP contribution in [0.5, 0.6) is 0 Å². The molecular weight excluding hydrogens is 328 g/mol. The third kappa shape index (κ3) is 3.44. The molecule has 0 aliphatic carbocycles.